The molecular weight excluding hydrogens is 515 g/mol. The first kappa shape index (κ1) is 28.2. The predicted octanol–water partition coefficient (Wildman–Crippen LogP) is 8.02. The number of methoxy groups -OCH3 is 1. The molecule has 38 heavy (non-hydrogen) atoms. The summed E-state index contributed by atoms with van der Waals surface area (Å²) in [5.41, 5.74) is 5.25. The van der Waals surface area contributed by atoms with E-state index in [1.807, 2.05) is 54.6 Å². The Balaban J connectivity index is 1.66. The molecule has 1 aliphatic heterocycles. The number of hydrogen-bond acceptors (Lipinski definition) is 3. The summed E-state index contributed by atoms with van der Waals surface area (Å²) in [7, 11) is 1.69. The highest BCUT2D eigenvalue weighted by Crippen LogP contribution is 2.42. The summed E-state index contributed by atoms with van der Waals surface area (Å²) in [6.07, 6.45) is 5.53. The number of piperidine rings is 1. The van der Waals surface area contributed by atoms with E-state index in [-0.39, 0.29) is 17.9 Å². The number of halogens is 2. The number of allylic oxidation sites excluding steroid dienone is 1. The second-order valence-corrected chi connectivity index (χ2v) is 10.8. The van der Waals surface area contributed by atoms with Gasteiger partial charge in [-0.05, 0) is 84.7 Å². The molecule has 0 radical (unpaired) electrons. The molecule has 0 saturated carbocycles. The highest BCUT2D eigenvalue weighted by Gasteiger charge is 2.28. The number of benzene rings is 3. The van der Waals surface area contributed by atoms with Crippen LogP contribution in [0.4, 0.5) is 0 Å². The van der Waals surface area contributed by atoms with Crippen molar-refractivity contribution in [3.63, 3.8) is 0 Å². The van der Waals surface area contributed by atoms with Gasteiger partial charge in [-0.2, -0.15) is 0 Å². The Hall–Kier alpha value is -2.79. The van der Waals surface area contributed by atoms with Gasteiger partial charge in [-0.25, -0.2) is 0 Å². The molecule has 0 aromatic heterocycles. The zero-order valence-electron chi connectivity index (χ0n) is 22.2. The average molecular weight is 552 g/mol. The molecule has 1 aliphatic rings. The molecule has 200 valence electrons. The maximum absolute atomic E-state index is 12.6. The summed E-state index contributed by atoms with van der Waals surface area (Å²) in [5, 5.41) is 5.05. The van der Waals surface area contributed by atoms with Crippen LogP contribution >= 0.6 is 23.2 Å². The third kappa shape index (κ3) is 6.61. The van der Waals surface area contributed by atoms with Crippen LogP contribution in [0.3, 0.4) is 0 Å². The third-order valence-electron chi connectivity index (χ3n) is 7.44. The molecule has 1 N–H and O–H groups in total. The minimum absolute atomic E-state index is 0.155. The predicted molar refractivity (Wildman–Crippen MR) is 159 cm³/mol. The largest absolute Gasteiger partial charge is 0.496 e. The van der Waals surface area contributed by atoms with Gasteiger partial charge in [-0.1, -0.05) is 59.6 Å². The third-order valence-corrected chi connectivity index (χ3v) is 7.93. The Bertz CT molecular complexity index is 1260. The Morgan fingerprint density at radius 1 is 1.03 bits per heavy atom. The summed E-state index contributed by atoms with van der Waals surface area (Å²) in [4.78, 5) is 14.6. The van der Waals surface area contributed by atoms with Gasteiger partial charge in [-0.3, -0.25) is 4.79 Å². The molecule has 3 aromatic carbocycles. The maximum atomic E-state index is 12.6. The van der Waals surface area contributed by atoms with Gasteiger partial charge in [0, 0.05) is 47.7 Å². The number of carbonyl (C=O) groups is 1. The van der Waals surface area contributed by atoms with E-state index in [2.05, 4.69) is 35.9 Å². The Morgan fingerprint density at radius 2 is 1.82 bits per heavy atom. The summed E-state index contributed by atoms with van der Waals surface area (Å²) in [6, 6.07) is 20.0. The van der Waals surface area contributed by atoms with Crippen molar-refractivity contribution in [1.82, 2.24) is 10.2 Å². The van der Waals surface area contributed by atoms with E-state index in [0.29, 0.717) is 23.0 Å². The Morgan fingerprint density at radius 3 is 2.50 bits per heavy atom. The van der Waals surface area contributed by atoms with Crippen LogP contribution in [-0.2, 0) is 11.3 Å². The molecule has 0 bridgehead atoms. The minimum Gasteiger partial charge on any atom is -0.496 e. The van der Waals surface area contributed by atoms with Crippen LogP contribution in [0.5, 0.6) is 5.75 Å². The SMILES string of the molecule is C=CCC(CNCc1ccc(OC)c(-c2cccc(Cl)c2)c1-c1ccc(Cl)cc1)C(C)N1CCCCC1=O. The van der Waals surface area contributed by atoms with E-state index >= 15 is 0 Å². The number of carbonyl (C=O) groups excluding carboxylic acids is 1. The van der Waals surface area contributed by atoms with Crippen LogP contribution in [0.25, 0.3) is 22.3 Å². The molecule has 1 fully saturated rings. The monoisotopic (exact) mass is 550 g/mol. The number of hydrogen-bond donors (Lipinski definition) is 1. The lowest BCUT2D eigenvalue weighted by Crippen LogP contribution is -2.47. The molecule has 4 rings (SSSR count). The van der Waals surface area contributed by atoms with Gasteiger partial charge >= 0.3 is 0 Å². The number of likely N-dealkylation sites (tertiary alicyclic amines) is 1. The molecule has 3 aromatic rings. The molecule has 2 unspecified atom stereocenters. The summed E-state index contributed by atoms with van der Waals surface area (Å²) < 4.78 is 5.83. The van der Waals surface area contributed by atoms with Crippen molar-refractivity contribution in [1.29, 1.82) is 0 Å². The molecule has 0 aliphatic carbocycles. The quantitative estimate of drug-likeness (QED) is 0.246. The topological polar surface area (TPSA) is 41.6 Å². The smallest absolute Gasteiger partial charge is 0.222 e. The van der Waals surface area contributed by atoms with Gasteiger partial charge < -0.3 is 15.0 Å². The zero-order chi connectivity index (χ0) is 27.1. The summed E-state index contributed by atoms with van der Waals surface area (Å²) in [6.45, 7) is 8.42. The summed E-state index contributed by atoms with van der Waals surface area (Å²) >= 11 is 12.6. The van der Waals surface area contributed by atoms with Crippen molar-refractivity contribution < 1.29 is 9.53 Å². The number of ether oxygens (including phenoxy) is 1. The molecule has 6 heteroatoms. The second kappa shape index (κ2) is 13.3. The van der Waals surface area contributed by atoms with E-state index in [9.17, 15) is 4.79 Å². The lowest BCUT2D eigenvalue weighted by Gasteiger charge is -2.37. The fourth-order valence-electron chi connectivity index (χ4n) is 5.39. The van der Waals surface area contributed by atoms with Gasteiger partial charge in [-0.15, -0.1) is 6.58 Å². The highest BCUT2D eigenvalue weighted by atomic mass is 35.5. The van der Waals surface area contributed by atoms with Gasteiger partial charge in [0.05, 0.1) is 7.11 Å². The van der Waals surface area contributed by atoms with Gasteiger partial charge in [0.2, 0.25) is 5.91 Å². The maximum Gasteiger partial charge on any atom is 0.222 e. The molecule has 1 heterocycles. The molecule has 2 atom stereocenters. The number of nitrogens with zero attached hydrogens (tertiary/aromatic N) is 1. The normalized spacial score (nSPS) is 15.3. The number of nitrogens with one attached hydrogen (secondary N) is 1. The lowest BCUT2D eigenvalue weighted by atomic mass is 9.89. The van der Waals surface area contributed by atoms with Gasteiger partial charge in [0.1, 0.15) is 5.75 Å². The van der Waals surface area contributed by atoms with Crippen LogP contribution in [0.2, 0.25) is 10.0 Å². The second-order valence-electron chi connectivity index (χ2n) is 9.89. The van der Waals surface area contributed by atoms with Crippen LogP contribution < -0.4 is 10.1 Å². The number of amides is 1. The van der Waals surface area contributed by atoms with E-state index in [1.165, 1.54) is 0 Å². The van der Waals surface area contributed by atoms with E-state index < -0.39 is 0 Å². The first-order valence-corrected chi connectivity index (χ1v) is 14.0. The van der Waals surface area contributed by atoms with E-state index in [1.54, 1.807) is 7.11 Å². The van der Waals surface area contributed by atoms with E-state index in [0.717, 1.165) is 65.9 Å². The van der Waals surface area contributed by atoms with Gasteiger partial charge in [0.15, 0.2) is 0 Å². The molecule has 1 amide bonds. The van der Waals surface area contributed by atoms with Crippen molar-refractivity contribution in [3.05, 3.63) is 88.9 Å². The molecule has 0 spiro atoms. The first-order chi connectivity index (χ1) is 18.4. The fraction of sp³-hybridized carbons (Fsp3) is 0.344. The van der Waals surface area contributed by atoms with Gasteiger partial charge in [0.25, 0.3) is 0 Å². The van der Waals surface area contributed by atoms with Crippen molar-refractivity contribution in [2.24, 2.45) is 5.92 Å². The van der Waals surface area contributed by atoms with Crippen LogP contribution in [0, 0.1) is 5.92 Å². The van der Waals surface area contributed by atoms with Crippen molar-refractivity contribution in [3.8, 4) is 28.0 Å². The van der Waals surface area contributed by atoms with Crippen LogP contribution in [0.1, 0.15) is 38.2 Å². The van der Waals surface area contributed by atoms with Crippen LogP contribution in [0.15, 0.2) is 73.3 Å². The van der Waals surface area contributed by atoms with E-state index in [4.69, 9.17) is 27.9 Å². The molecular formula is C32H36Cl2N2O2. The Labute approximate surface area is 236 Å². The lowest BCUT2D eigenvalue weighted by molar-refractivity contribution is -0.136. The number of rotatable bonds is 11. The van der Waals surface area contributed by atoms with Crippen molar-refractivity contribution in [2.45, 2.75) is 45.2 Å². The first-order valence-electron chi connectivity index (χ1n) is 13.3. The zero-order valence-corrected chi connectivity index (χ0v) is 23.7. The van der Waals surface area contributed by atoms with Crippen molar-refractivity contribution >= 4 is 29.1 Å². The highest BCUT2D eigenvalue weighted by molar-refractivity contribution is 6.31. The van der Waals surface area contributed by atoms with Crippen LogP contribution in [-0.4, -0.2) is 37.0 Å². The molecule has 1 saturated heterocycles. The fourth-order valence-corrected chi connectivity index (χ4v) is 5.71. The summed E-state index contributed by atoms with van der Waals surface area (Å²) in [5.74, 6) is 1.33. The van der Waals surface area contributed by atoms with Crippen molar-refractivity contribution in [2.75, 3.05) is 20.2 Å². The molecule has 4 nitrogen and oxygen atoms in total. The average Bonchev–Trinajstić information content (AvgIpc) is 2.92. The minimum atomic E-state index is 0.155. The standard InChI is InChI=1S/C32H36Cl2N2O2/c1-4-8-25(22(2)36-18-6-5-11-30(36)37)20-35-21-26-14-17-29(38-3)32(24-9-7-10-28(34)19-24)31(26)23-12-15-27(33)16-13-23/h4,7,9-10,12-17,19,22,25,35H,1,5-6,8,11,18,20-21H2,2-3H3. The Kier molecular flexibility index (Phi) is 9.90.